The Morgan fingerprint density at radius 3 is 0.592 bits per heavy atom. The standard InChI is InChI=1S/C33H51N3O6.C26H36N3O6.C12H15N3O3.2CH4.W/c1-4-28(37)16-10-7-13-19-34-31(40)25-22-26(32(41)35-20-14-8-11-17-29(38)5-2)24-27(23-25)33(42)36-21-15-9-12-18-30(39)6-3;1-4-22(31)10-7-13-28-25(34)20-15-19(24(33)27-12-6-9-18(3)30)16-21(17-20)26(35)29-14-8-11-23(32)5-2;1-13-10(16)7-4-8(11(17)14-2)6-9(5-7)12(18)15-3;;;/h22-24H,4-21H2,1-3H3,(H,34,40)(H,35,41)(H,36,42);15-17H,3-14H2,1-2H3,(H,27,33)(H,28,34)(H,29,35);4-6H,1-3H3,(H,13,16)(H,14,17)(H,15,18);2*1H4;/q;-1;;;;. The number of benzene rings is 3. The van der Waals surface area contributed by atoms with Crippen LogP contribution in [0.4, 0.5) is 0 Å². The quantitative estimate of drug-likeness (QED) is 0.0188. The van der Waals surface area contributed by atoms with E-state index in [-0.39, 0.29) is 182 Å². The van der Waals surface area contributed by atoms with Gasteiger partial charge in [-0.25, -0.2) is 0 Å². The Hall–Kier alpha value is -8.53. The molecule has 0 aliphatic rings. The van der Waals surface area contributed by atoms with Gasteiger partial charge in [-0.2, -0.15) is 0 Å². The Balaban J connectivity index is -0.00000145. The zero-order valence-electron chi connectivity index (χ0n) is 57.4. The van der Waals surface area contributed by atoms with Crippen LogP contribution in [0.5, 0.6) is 0 Å². The van der Waals surface area contributed by atoms with Crippen LogP contribution in [0.3, 0.4) is 0 Å². The van der Waals surface area contributed by atoms with Crippen LogP contribution in [-0.2, 0) is 49.8 Å². The number of nitrogens with one attached hydrogen (secondary N) is 9. The Morgan fingerprint density at radius 2 is 0.418 bits per heavy atom. The minimum absolute atomic E-state index is 0. The van der Waals surface area contributed by atoms with E-state index in [9.17, 15) is 71.9 Å². The van der Waals surface area contributed by atoms with Crippen LogP contribution >= 0.6 is 0 Å². The zero-order chi connectivity index (χ0) is 71.1. The third-order valence-corrected chi connectivity index (χ3v) is 14.8. The first-order valence-electron chi connectivity index (χ1n) is 33.2. The summed E-state index contributed by atoms with van der Waals surface area (Å²) >= 11 is 0. The number of Topliss-reactive ketones (excluding diaryl/α,β-unsaturated/α-hetero) is 6. The molecule has 0 spiro atoms. The molecule has 0 radical (unpaired) electrons. The van der Waals surface area contributed by atoms with Gasteiger partial charge in [-0.3, -0.25) is 67.1 Å². The molecule has 0 aliphatic heterocycles. The van der Waals surface area contributed by atoms with Crippen LogP contribution in [0, 0.1) is 6.92 Å². The molecule has 9 N–H and O–H groups in total. The fourth-order valence-corrected chi connectivity index (χ4v) is 8.93. The maximum atomic E-state index is 12.9. The van der Waals surface area contributed by atoms with Gasteiger partial charge >= 0.3 is 0 Å². The van der Waals surface area contributed by atoms with Gasteiger partial charge in [0.25, 0.3) is 53.2 Å². The summed E-state index contributed by atoms with van der Waals surface area (Å²) in [6, 6.07) is 13.0. The van der Waals surface area contributed by atoms with E-state index in [0.717, 1.165) is 57.8 Å². The average molecular weight is 1540 g/mol. The van der Waals surface area contributed by atoms with Crippen molar-refractivity contribution in [3.63, 3.8) is 0 Å². The molecule has 544 valence electrons. The number of amides is 9. The van der Waals surface area contributed by atoms with Gasteiger partial charge in [-0.05, 0) is 125 Å². The number of carbonyl (C=O) groups excluding carboxylic acids is 15. The first kappa shape index (κ1) is 93.7. The van der Waals surface area contributed by atoms with Crippen LogP contribution in [-0.4, -0.2) is 148 Å². The van der Waals surface area contributed by atoms with E-state index in [4.69, 9.17) is 0 Å². The van der Waals surface area contributed by atoms with E-state index in [2.05, 4.69) is 54.8 Å². The van der Waals surface area contributed by atoms with Crippen LogP contribution < -0.4 is 47.9 Å². The third kappa shape index (κ3) is 40.2. The normalized spacial score (nSPS) is 10.0. The minimum atomic E-state index is -0.479. The molecule has 98 heavy (non-hydrogen) atoms. The van der Waals surface area contributed by atoms with Gasteiger partial charge in [0.15, 0.2) is 0 Å². The van der Waals surface area contributed by atoms with Crippen LogP contribution in [0.15, 0.2) is 54.6 Å². The van der Waals surface area contributed by atoms with Crippen molar-refractivity contribution in [2.45, 2.75) is 197 Å². The van der Waals surface area contributed by atoms with E-state index in [1.165, 1.54) is 75.7 Å². The number of hydrogen-bond donors (Lipinski definition) is 9. The fourth-order valence-electron chi connectivity index (χ4n) is 8.93. The fraction of sp³-hybridized carbons (Fsp3) is 0.534. The SMILES string of the molecule is C.C.CCC(=O)CCCCCNC(=O)c1cc(C(=O)NCCCCCC(=O)CC)cc(C(=O)NCCCCCC(=O)CC)c1.CNC(=O)c1cc(C(=O)NC)cc(C(=O)NC)c1.[CH2-]C(=O)CCCNC(=O)c1cc(C(=O)NCCCC(=O)CC)cc(C(=O)NCCCC(=O)CC)c1.[W]. The van der Waals surface area contributed by atoms with Crippen LogP contribution in [0.25, 0.3) is 0 Å². The average Bonchev–Trinajstić information content (AvgIpc) is 0.848. The molecule has 9 amide bonds. The van der Waals surface area contributed by atoms with Gasteiger partial charge in [-0.1, -0.05) is 68.7 Å². The van der Waals surface area contributed by atoms with Crippen molar-refractivity contribution in [2.24, 2.45) is 0 Å². The summed E-state index contributed by atoms with van der Waals surface area (Å²) in [5.41, 5.74) is 1.87. The molecule has 0 saturated heterocycles. The molecule has 0 fully saturated rings. The molecule has 0 saturated carbocycles. The molecule has 0 atom stereocenters. The second-order valence-corrected chi connectivity index (χ2v) is 22.4. The smallest absolute Gasteiger partial charge is 0.251 e. The summed E-state index contributed by atoms with van der Waals surface area (Å²) in [6.07, 6.45) is 13.5. The largest absolute Gasteiger partial charge is 0.355 e. The molecule has 3 rings (SSSR count). The van der Waals surface area contributed by atoms with Gasteiger partial charge in [0.2, 0.25) is 0 Å². The summed E-state index contributed by atoms with van der Waals surface area (Å²) in [6.45, 7) is 14.5. The van der Waals surface area contributed by atoms with Crippen LogP contribution in [0.1, 0.15) is 290 Å². The summed E-state index contributed by atoms with van der Waals surface area (Å²) in [5.74, 6) is -2.89. The third-order valence-electron chi connectivity index (χ3n) is 14.8. The van der Waals surface area contributed by atoms with Crippen molar-refractivity contribution < 1.29 is 93.0 Å². The molecule has 3 aromatic rings. The monoisotopic (exact) mass is 1540 g/mol. The molecular weight excluding hydrogens is 1430 g/mol. The number of rotatable bonds is 44. The number of hydrogen-bond acceptors (Lipinski definition) is 15. The van der Waals surface area contributed by atoms with Gasteiger partial charge in [0.1, 0.15) is 28.9 Å². The van der Waals surface area contributed by atoms with E-state index < -0.39 is 17.7 Å². The van der Waals surface area contributed by atoms with Crippen molar-refractivity contribution in [1.29, 1.82) is 0 Å². The Bertz CT molecular complexity index is 2820. The van der Waals surface area contributed by atoms with Crippen molar-refractivity contribution >= 4 is 87.9 Å². The zero-order valence-corrected chi connectivity index (χ0v) is 60.4. The molecule has 0 heterocycles. The topological polar surface area (TPSA) is 364 Å². The van der Waals surface area contributed by atoms with Gasteiger partial charge in [0, 0.05) is 196 Å². The van der Waals surface area contributed by atoms with Crippen LogP contribution in [0.2, 0.25) is 0 Å². The number of ketones is 6. The second kappa shape index (κ2) is 55.5. The maximum Gasteiger partial charge on any atom is 0.251 e. The van der Waals surface area contributed by atoms with Crippen molar-refractivity contribution in [3.05, 3.63) is 112 Å². The van der Waals surface area contributed by atoms with Crippen molar-refractivity contribution in [3.8, 4) is 0 Å². The Morgan fingerprint density at radius 1 is 0.255 bits per heavy atom. The number of unbranched alkanes of at least 4 members (excludes halogenated alkanes) is 6. The minimum Gasteiger partial charge on any atom is -0.355 e. The molecule has 24 nitrogen and oxygen atoms in total. The Kier molecular flexibility index (Phi) is 53.0. The van der Waals surface area contributed by atoms with Crippen molar-refractivity contribution in [2.75, 3.05) is 60.4 Å². The molecule has 0 aromatic heterocycles. The van der Waals surface area contributed by atoms with E-state index >= 15 is 0 Å². The first-order valence-corrected chi connectivity index (χ1v) is 33.2. The van der Waals surface area contributed by atoms with E-state index in [1.54, 1.807) is 13.8 Å². The summed E-state index contributed by atoms with van der Waals surface area (Å²) in [4.78, 5) is 180. The predicted octanol–water partition coefficient (Wildman–Crippen LogP) is 9.11. The summed E-state index contributed by atoms with van der Waals surface area (Å²) in [7, 11) is 4.44. The van der Waals surface area contributed by atoms with Gasteiger partial charge < -0.3 is 59.6 Å². The van der Waals surface area contributed by atoms with E-state index in [0.29, 0.717) is 103 Å². The first-order chi connectivity index (χ1) is 45.4. The molecule has 0 unspecified atom stereocenters. The number of carbonyl (C=O) groups is 15. The predicted molar refractivity (Wildman–Crippen MR) is 377 cm³/mol. The molecule has 25 heteroatoms. The second-order valence-electron chi connectivity index (χ2n) is 22.4. The van der Waals surface area contributed by atoms with Crippen molar-refractivity contribution in [1.82, 2.24) is 47.9 Å². The molecule has 3 aromatic carbocycles. The maximum absolute atomic E-state index is 12.9. The summed E-state index contributed by atoms with van der Waals surface area (Å²) in [5, 5.41) is 24.0. The molecular formula is C73H110N9O15W-. The van der Waals surface area contributed by atoms with E-state index in [1.807, 2.05) is 20.8 Å². The Labute approximate surface area is 594 Å². The molecule has 0 aliphatic carbocycles. The molecule has 0 bridgehead atoms. The summed E-state index contributed by atoms with van der Waals surface area (Å²) < 4.78 is 0. The van der Waals surface area contributed by atoms with Gasteiger partial charge in [-0.15, -0.1) is 0 Å². The van der Waals surface area contributed by atoms with Gasteiger partial charge in [0.05, 0.1) is 0 Å².